The lowest BCUT2D eigenvalue weighted by atomic mass is 9.73. The first-order chi connectivity index (χ1) is 11.7. The first kappa shape index (κ1) is 20.2. The minimum atomic E-state index is 0. The molecule has 5 nitrogen and oxygen atoms in total. The van der Waals surface area contributed by atoms with Crippen molar-refractivity contribution in [1.29, 1.82) is 0 Å². The zero-order valence-electron chi connectivity index (χ0n) is 14.9. The Kier molecular flexibility index (Phi) is 7.74. The highest BCUT2D eigenvalue weighted by atomic mass is 127. The quantitative estimate of drug-likeness (QED) is 0.400. The number of nitrogens with one attached hydrogen (secondary N) is 1. The van der Waals surface area contributed by atoms with E-state index in [0.29, 0.717) is 6.54 Å². The van der Waals surface area contributed by atoms with E-state index in [1.807, 2.05) is 31.5 Å². The Morgan fingerprint density at radius 3 is 2.76 bits per heavy atom. The first-order valence-electron chi connectivity index (χ1n) is 8.58. The summed E-state index contributed by atoms with van der Waals surface area (Å²) in [5.41, 5.74) is 1.16. The van der Waals surface area contributed by atoms with Crippen molar-refractivity contribution in [1.82, 2.24) is 15.4 Å². The summed E-state index contributed by atoms with van der Waals surface area (Å²) in [6, 6.07) is 6.35. The Morgan fingerprint density at radius 2 is 2.16 bits per heavy atom. The minimum absolute atomic E-state index is 0. The number of hydrogen-bond acceptors (Lipinski definition) is 4. The SMILES string of the molecule is CN=C(NCC1(c2cccs2)CCCCC1)N(C)Cc1ccon1.I. The van der Waals surface area contributed by atoms with Gasteiger partial charge in [-0.2, -0.15) is 0 Å². The van der Waals surface area contributed by atoms with Crippen LogP contribution in [0.4, 0.5) is 0 Å². The third-order valence-corrected chi connectivity index (χ3v) is 6.02. The monoisotopic (exact) mass is 474 g/mol. The normalized spacial score (nSPS) is 17.0. The van der Waals surface area contributed by atoms with Crippen molar-refractivity contribution in [2.45, 2.75) is 44.1 Å². The van der Waals surface area contributed by atoms with Crippen molar-refractivity contribution < 1.29 is 4.52 Å². The molecule has 0 atom stereocenters. The van der Waals surface area contributed by atoms with Crippen LogP contribution in [-0.4, -0.2) is 36.7 Å². The third kappa shape index (κ3) is 4.97. The van der Waals surface area contributed by atoms with E-state index in [2.05, 4.69) is 37.9 Å². The average Bonchev–Trinajstić information content (AvgIpc) is 3.30. The molecular formula is C18H27IN4OS. The van der Waals surface area contributed by atoms with Gasteiger partial charge in [0.15, 0.2) is 5.96 Å². The molecular weight excluding hydrogens is 447 g/mol. The molecule has 0 saturated heterocycles. The third-order valence-electron chi connectivity index (χ3n) is 4.90. The van der Waals surface area contributed by atoms with E-state index in [-0.39, 0.29) is 29.4 Å². The van der Waals surface area contributed by atoms with Crippen molar-refractivity contribution in [3.8, 4) is 0 Å². The molecule has 25 heavy (non-hydrogen) atoms. The van der Waals surface area contributed by atoms with E-state index < -0.39 is 0 Å². The van der Waals surface area contributed by atoms with Crippen LogP contribution in [0, 0.1) is 0 Å². The van der Waals surface area contributed by atoms with Gasteiger partial charge in [-0.3, -0.25) is 4.99 Å². The summed E-state index contributed by atoms with van der Waals surface area (Å²) in [4.78, 5) is 8.03. The van der Waals surface area contributed by atoms with Gasteiger partial charge in [0.2, 0.25) is 0 Å². The van der Waals surface area contributed by atoms with Crippen LogP contribution in [0.2, 0.25) is 0 Å². The molecule has 1 saturated carbocycles. The maximum Gasteiger partial charge on any atom is 0.193 e. The molecule has 1 aliphatic carbocycles. The van der Waals surface area contributed by atoms with Gasteiger partial charge in [-0.15, -0.1) is 35.3 Å². The molecule has 2 aromatic rings. The maximum absolute atomic E-state index is 4.91. The van der Waals surface area contributed by atoms with E-state index >= 15 is 0 Å². The van der Waals surface area contributed by atoms with E-state index in [4.69, 9.17) is 4.52 Å². The highest BCUT2D eigenvalue weighted by Crippen LogP contribution is 2.41. The molecule has 0 aromatic carbocycles. The fourth-order valence-electron chi connectivity index (χ4n) is 3.59. The average molecular weight is 474 g/mol. The van der Waals surface area contributed by atoms with Crippen molar-refractivity contribution >= 4 is 41.3 Å². The Balaban J connectivity index is 0.00000225. The van der Waals surface area contributed by atoms with Gasteiger partial charge < -0.3 is 14.7 Å². The molecule has 138 valence electrons. The smallest absolute Gasteiger partial charge is 0.193 e. The van der Waals surface area contributed by atoms with E-state index in [1.54, 1.807) is 6.26 Å². The van der Waals surface area contributed by atoms with Crippen LogP contribution < -0.4 is 5.32 Å². The zero-order valence-corrected chi connectivity index (χ0v) is 18.0. The van der Waals surface area contributed by atoms with Gasteiger partial charge in [-0.1, -0.05) is 30.5 Å². The molecule has 0 unspecified atom stereocenters. The molecule has 2 aromatic heterocycles. The summed E-state index contributed by atoms with van der Waals surface area (Å²) in [6.45, 7) is 1.62. The molecule has 0 spiro atoms. The number of guanidine groups is 1. The molecule has 3 rings (SSSR count). The van der Waals surface area contributed by atoms with Crippen LogP contribution in [-0.2, 0) is 12.0 Å². The standard InChI is InChI=1S/C18H26N4OS.HI/c1-19-17(22(2)13-15-8-11-23-21-15)20-14-18(9-4-3-5-10-18)16-7-6-12-24-16;/h6-8,11-12H,3-5,9-10,13-14H2,1-2H3,(H,19,20);1H. The lowest BCUT2D eigenvalue weighted by Crippen LogP contribution is -2.46. The van der Waals surface area contributed by atoms with Crippen molar-refractivity contribution in [3.63, 3.8) is 0 Å². The van der Waals surface area contributed by atoms with Crippen LogP contribution in [0.3, 0.4) is 0 Å². The number of aromatic nitrogens is 1. The van der Waals surface area contributed by atoms with Gasteiger partial charge >= 0.3 is 0 Å². The second-order valence-corrected chi connectivity index (χ2v) is 7.51. The maximum atomic E-state index is 4.91. The highest BCUT2D eigenvalue weighted by Gasteiger charge is 2.35. The Bertz CT molecular complexity index is 636. The zero-order chi connectivity index (χ0) is 16.8. The van der Waals surface area contributed by atoms with Gasteiger partial charge in [-0.05, 0) is 24.3 Å². The van der Waals surface area contributed by atoms with E-state index in [9.17, 15) is 0 Å². The summed E-state index contributed by atoms with van der Waals surface area (Å²) in [5.74, 6) is 0.902. The summed E-state index contributed by atoms with van der Waals surface area (Å²) in [6.07, 6.45) is 8.09. The second-order valence-electron chi connectivity index (χ2n) is 6.57. The lowest BCUT2D eigenvalue weighted by Gasteiger charge is -2.38. The number of rotatable bonds is 5. The summed E-state index contributed by atoms with van der Waals surface area (Å²) in [5, 5.41) is 9.78. The fraction of sp³-hybridized carbons (Fsp3) is 0.556. The van der Waals surface area contributed by atoms with Crippen molar-refractivity contribution in [2.75, 3.05) is 20.6 Å². The van der Waals surface area contributed by atoms with Crippen LogP contribution in [0.15, 0.2) is 39.4 Å². The molecule has 0 bridgehead atoms. The van der Waals surface area contributed by atoms with E-state index in [1.165, 1.54) is 37.0 Å². The van der Waals surface area contributed by atoms with Crippen LogP contribution in [0.5, 0.6) is 0 Å². The Morgan fingerprint density at radius 1 is 1.36 bits per heavy atom. The number of hydrogen-bond donors (Lipinski definition) is 1. The predicted molar refractivity (Wildman–Crippen MR) is 114 cm³/mol. The number of nitrogens with zero attached hydrogens (tertiary/aromatic N) is 3. The predicted octanol–water partition coefficient (Wildman–Crippen LogP) is 4.26. The van der Waals surface area contributed by atoms with Crippen molar-refractivity contribution in [2.24, 2.45) is 4.99 Å². The molecule has 1 aliphatic rings. The molecule has 0 amide bonds. The van der Waals surface area contributed by atoms with Gasteiger partial charge in [0.25, 0.3) is 0 Å². The second kappa shape index (κ2) is 9.56. The molecule has 0 radical (unpaired) electrons. The number of halogens is 1. The van der Waals surface area contributed by atoms with Gasteiger partial charge in [0, 0.05) is 37.0 Å². The van der Waals surface area contributed by atoms with Gasteiger partial charge in [0.05, 0.1) is 6.54 Å². The molecule has 7 heteroatoms. The van der Waals surface area contributed by atoms with Gasteiger partial charge in [0.1, 0.15) is 12.0 Å². The molecule has 2 heterocycles. The van der Waals surface area contributed by atoms with Crippen LogP contribution >= 0.6 is 35.3 Å². The molecule has 0 aliphatic heterocycles. The highest BCUT2D eigenvalue weighted by molar-refractivity contribution is 14.0. The molecule has 1 fully saturated rings. The number of aliphatic imine (C=N–C) groups is 1. The lowest BCUT2D eigenvalue weighted by molar-refractivity contribution is 0.292. The number of thiophene rings is 1. The Labute approximate surface area is 170 Å². The largest absolute Gasteiger partial charge is 0.364 e. The Hall–Kier alpha value is -1.09. The van der Waals surface area contributed by atoms with Crippen molar-refractivity contribution in [3.05, 3.63) is 40.4 Å². The van der Waals surface area contributed by atoms with Gasteiger partial charge in [-0.25, -0.2) is 0 Å². The first-order valence-corrected chi connectivity index (χ1v) is 9.46. The topological polar surface area (TPSA) is 53.7 Å². The van der Waals surface area contributed by atoms with E-state index in [0.717, 1.165) is 18.2 Å². The van der Waals surface area contributed by atoms with Crippen LogP contribution in [0.25, 0.3) is 0 Å². The van der Waals surface area contributed by atoms with Crippen LogP contribution in [0.1, 0.15) is 42.7 Å². The summed E-state index contributed by atoms with van der Waals surface area (Å²) < 4.78 is 4.91. The summed E-state index contributed by atoms with van der Waals surface area (Å²) in [7, 11) is 3.86. The fourth-order valence-corrected chi connectivity index (χ4v) is 4.58. The molecule has 1 N–H and O–H groups in total. The summed E-state index contributed by atoms with van der Waals surface area (Å²) >= 11 is 1.88. The minimum Gasteiger partial charge on any atom is -0.364 e.